The van der Waals surface area contributed by atoms with Crippen LogP contribution in [-0.2, 0) is 6.42 Å². The highest BCUT2D eigenvalue weighted by molar-refractivity contribution is 5.41. The Morgan fingerprint density at radius 3 is 2.47 bits per heavy atom. The highest BCUT2D eigenvalue weighted by Crippen LogP contribution is 2.33. The van der Waals surface area contributed by atoms with Crippen molar-refractivity contribution in [1.82, 2.24) is 0 Å². The predicted octanol–water partition coefficient (Wildman–Crippen LogP) is 3.21. The third kappa shape index (κ3) is 2.50. The van der Waals surface area contributed by atoms with Crippen molar-refractivity contribution in [3.05, 3.63) is 53.6 Å². The molecule has 0 aromatic heterocycles. The van der Waals surface area contributed by atoms with Crippen molar-refractivity contribution in [2.75, 3.05) is 6.61 Å². The Morgan fingerprint density at radius 1 is 0.947 bits per heavy atom. The molecule has 0 saturated carbocycles. The molecular formula is C16H16O3. The van der Waals surface area contributed by atoms with Crippen LogP contribution in [0.25, 0.3) is 0 Å². The largest absolute Gasteiger partial charge is 0.508 e. The van der Waals surface area contributed by atoms with Crippen LogP contribution >= 0.6 is 0 Å². The first-order valence-electron chi connectivity index (χ1n) is 6.46. The van der Waals surface area contributed by atoms with Crippen LogP contribution in [0, 0.1) is 0 Å². The molecule has 1 aliphatic heterocycles. The van der Waals surface area contributed by atoms with Crippen LogP contribution in [0.1, 0.15) is 23.5 Å². The molecule has 0 spiro atoms. The second kappa shape index (κ2) is 4.84. The van der Waals surface area contributed by atoms with Gasteiger partial charge in [0, 0.05) is 12.0 Å². The lowest BCUT2D eigenvalue weighted by Crippen LogP contribution is -2.08. The molecule has 0 bridgehead atoms. The molecule has 3 nitrogen and oxygen atoms in total. The lowest BCUT2D eigenvalue weighted by Gasteiger charge is -2.14. The molecule has 1 heterocycles. The number of aryl methyl sites for hydroxylation is 1. The van der Waals surface area contributed by atoms with Crippen LogP contribution in [0.2, 0.25) is 0 Å². The number of benzene rings is 2. The SMILES string of the molecule is Oc1ccc(C2CCc3ccc(O)cc3OC2)cc1. The van der Waals surface area contributed by atoms with E-state index in [9.17, 15) is 10.2 Å². The van der Waals surface area contributed by atoms with Crippen LogP contribution in [0.4, 0.5) is 0 Å². The summed E-state index contributed by atoms with van der Waals surface area (Å²) in [5.74, 6) is 1.62. The molecule has 2 aromatic carbocycles. The Hall–Kier alpha value is -2.16. The van der Waals surface area contributed by atoms with E-state index in [2.05, 4.69) is 0 Å². The van der Waals surface area contributed by atoms with Crippen molar-refractivity contribution in [2.24, 2.45) is 0 Å². The fraction of sp³-hybridized carbons (Fsp3) is 0.250. The van der Waals surface area contributed by atoms with E-state index in [-0.39, 0.29) is 11.5 Å². The molecule has 0 aliphatic carbocycles. The molecule has 2 aromatic rings. The highest BCUT2D eigenvalue weighted by atomic mass is 16.5. The Bertz CT molecular complexity index is 575. The molecule has 1 atom stereocenters. The Labute approximate surface area is 112 Å². The van der Waals surface area contributed by atoms with Crippen LogP contribution in [0.3, 0.4) is 0 Å². The normalized spacial score (nSPS) is 18.2. The summed E-state index contributed by atoms with van der Waals surface area (Å²) in [5, 5.41) is 18.8. The molecule has 98 valence electrons. The summed E-state index contributed by atoms with van der Waals surface area (Å²) in [6.07, 6.45) is 1.93. The quantitative estimate of drug-likeness (QED) is 0.823. The molecule has 0 radical (unpaired) electrons. The van der Waals surface area contributed by atoms with Crippen molar-refractivity contribution in [1.29, 1.82) is 0 Å². The summed E-state index contributed by atoms with van der Waals surface area (Å²) in [6.45, 7) is 0.598. The van der Waals surface area contributed by atoms with Gasteiger partial charge in [0.2, 0.25) is 0 Å². The molecule has 3 rings (SSSR count). The van der Waals surface area contributed by atoms with Crippen molar-refractivity contribution in [2.45, 2.75) is 18.8 Å². The molecule has 1 unspecified atom stereocenters. The standard InChI is InChI=1S/C16H16O3/c17-14-6-3-11(4-7-14)13-2-1-12-5-8-15(18)9-16(12)19-10-13/h3-9,13,17-18H,1-2,10H2. The van der Waals surface area contributed by atoms with Gasteiger partial charge in [-0.15, -0.1) is 0 Å². The van der Waals surface area contributed by atoms with Gasteiger partial charge in [-0.3, -0.25) is 0 Å². The van der Waals surface area contributed by atoms with E-state index in [0.717, 1.165) is 24.2 Å². The topological polar surface area (TPSA) is 49.7 Å². The molecular weight excluding hydrogens is 240 g/mol. The minimum Gasteiger partial charge on any atom is -0.508 e. The van der Waals surface area contributed by atoms with Gasteiger partial charge in [-0.25, -0.2) is 0 Å². The Kier molecular flexibility index (Phi) is 3.03. The zero-order valence-electron chi connectivity index (χ0n) is 10.5. The predicted molar refractivity (Wildman–Crippen MR) is 72.8 cm³/mol. The highest BCUT2D eigenvalue weighted by Gasteiger charge is 2.19. The van der Waals surface area contributed by atoms with Crippen molar-refractivity contribution in [3.63, 3.8) is 0 Å². The number of rotatable bonds is 1. The minimum atomic E-state index is 0.238. The molecule has 0 saturated heterocycles. The average molecular weight is 256 g/mol. The number of phenols is 2. The second-order valence-corrected chi connectivity index (χ2v) is 4.93. The molecule has 0 fully saturated rings. The van der Waals surface area contributed by atoms with Crippen molar-refractivity contribution >= 4 is 0 Å². The van der Waals surface area contributed by atoms with E-state index >= 15 is 0 Å². The zero-order chi connectivity index (χ0) is 13.2. The first kappa shape index (κ1) is 11.9. The van der Waals surface area contributed by atoms with E-state index < -0.39 is 0 Å². The van der Waals surface area contributed by atoms with Gasteiger partial charge in [0.15, 0.2) is 0 Å². The second-order valence-electron chi connectivity index (χ2n) is 4.93. The van der Waals surface area contributed by atoms with Gasteiger partial charge >= 0.3 is 0 Å². The van der Waals surface area contributed by atoms with Crippen molar-refractivity contribution in [3.8, 4) is 17.2 Å². The maximum atomic E-state index is 9.49. The smallest absolute Gasteiger partial charge is 0.126 e. The summed E-state index contributed by atoms with van der Waals surface area (Å²) >= 11 is 0. The first-order chi connectivity index (χ1) is 9.22. The number of ether oxygens (including phenoxy) is 1. The summed E-state index contributed by atoms with van der Waals surface area (Å²) in [5.41, 5.74) is 2.31. The van der Waals surface area contributed by atoms with Gasteiger partial charge < -0.3 is 14.9 Å². The van der Waals surface area contributed by atoms with Crippen LogP contribution < -0.4 is 4.74 Å². The van der Waals surface area contributed by atoms with Gasteiger partial charge in [0.1, 0.15) is 17.2 Å². The van der Waals surface area contributed by atoms with Gasteiger partial charge in [0.05, 0.1) is 6.61 Å². The minimum absolute atomic E-state index is 0.238. The number of fused-ring (bicyclic) bond motifs is 1. The fourth-order valence-corrected chi connectivity index (χ4v) is 2.50. The molecule has 1 aliphatic rings. The number of hydrogen-bond acceptors (Lipinski definition) is 3. The van der Waals surface area contributed by atoms with Crippen LogP contribution in [0.15, 0.2) is 42.5 Å². The summed E-state index contributed by atoms with van der Waals surface area (Å²) in [4.78, 5) is 0. The summed E-state index contributed by atoms with van der Waals surface area (Å²) < 4.78 is 5.80. The van der Waals surface area contributed by atoms with Crippen LogP contribution in [0.5, 0.6) is 17.2 Å². The van der Waals surface area contributed by atoms with Crippen molar-refractivity contribution < 1.29 is 14.9 Å². The van der Waals surface area contributed by atoms with Gasteiger partial charge in [0.25, 0.3) is 0 Å². The summed E-state index contributed by atoms with van der Waals surface area (Å²) in [6, 6.07) is 12.6. The van der Waals surface area contributed by atoms with E-state index in [0.29, 0.717) is 12.5 Å². The molecule has 3 heteroatoms. The number of phenolic OH excluding ortho intramolecular Hbond substituents is 2. The van der Waals surface area contributed by atoms with E-state index in [4.69, 9.17) is 4.74 Å². The van der Waals surface area contributed by atoms with Gasteiger partial charge in [-0.1, -0.05) is 18.2 Å². The third-order valence-corrected chi connectivity index (χ3v) is 3.62. The van der Waals surface area contributed by atoms with Gasteiger partial charge in [-0.2, -0.15) is 0 Å². The first-order valence-corrected chi connectivity index (χ1v) is 6.46. The monoisotopic (exact) mass is 256 g/mol. The molecule has 0 amide bonds. The molecule has 19 heavy (non-hydrogen) atoms. The average Bonchev–Trinajstić information content (AvgIpc) is 2.62. The lowest BCUT2D eigenvalue weighted by molar-refractivity contribution is 0.291. The maximum Gasteiger partial charge on any atom is 0.126 e. The van der Waals surface area contributed by atoms with Gasteiger partial charge in [-0.05, 0) is 42.2 Å². The fourth-order valence-electron chi connectivity index (χ4n) is 2.50. The zero-order valence-corrected chi connectivity index (χ0v) is 10.5. The Morgan fingerprint density at radius 2 is 1.68 bits per heavy atom. The Balaban J connectivity index is 1.81. The summed E-state index contributed by atoms with van der Waals surface area (Å²) in [7, 11) is 0. The van der Waals surface area contributed by atoms with E-state index in [1.807, 2.05) is 18.2 Å². The third-order valence-electron chi connectivity index (χ3n) is 3.62. The number of aromatic hydroxyl groups is 2. The lowest BCUT2D eigenvalue weighted by atomic mass is 9.94. The molecule has 2 N–H and O–H groups in total. The number of hydrogen-bond donors (Lipinski definition) is 2. The van der Waals surface area contributed by atoms with E-state index in [1.54, 1.807) is 24.3 Å². The maximum absolute atomic E-state index is 9.49. The van der Waals surface area contributed by atoms with E-state index in [1.165, 1.54) is 5.56 Å². The van der Waals surface area contributed by atoms with Crippen LogP contribution in [-0.4, -0.2) is 16.8 Å².